The molecule has 0 saturated carbocycles. The highest BCUT2D eigenvalue weighted by atomic mass is 16.6. The number of hydrogen-bond acceptors (Lipinski definition) is 6. The lowest BCUT2D eigenvalue weighted by Gasteiger charge is -2.12. The highest BCUT2D eigenvalue weighted by molar-refractivity contribution is 4.46. The van der Waals surface area contributed by atoms with Gasteiger partial charge in [0.1, 0.15) is 0 Å². The quantitative estimate of drug-likeness (QED) is 0.368. The zero-order valence-corrected chi connectivity index (χ0v) is 7.90. The summed E-state index contributed by atoms with van der Waals surface area (Å²) in [6.07, 6.45) is 0.0212. The molecule has 0 rings (SSSR count). The van der Waals surface area contributed by atoms with Crippen LogP contribution in [0.2, 0.25) is 0 Å². The average Bonchev–Trinajstić information content (AvgIpc) is 2.13. The van der Waals surface area contributed by atoms with Gasteiger partial charge >= 0.3 is 0 Å². The van der Waals surface area contributed by atoms with E-state index in [1.165, 1.54) is 0 Å². The van der Waals surface area contributed by atoms with Crippen molar-refractivity contribution in [2.75, 3.05) is 33.0 Å². The van der Waals surface area contributed by atoms with Gasteiger partial charge in [-0.15, -0.1) is 0 Å². The standard InChI is InChI=1S/C7H18N2O4/c1-7(11-3-5-13-9)6-10-2-4-12-8/h7H,2-6,8-9H2,1H3. The lowest BCUT2D eigenvalue weighted by molar-refractivity contribution is -0.0403. The fraction of sp³-hybridized carbons (Fsp3) is 1.00. The van der Waals surface area contributed by atoms with Crippen LogP contribution in [0.1, 0.15) is 6.92 Å². The van der Waals surface area contributed by atoms with Gasteiger partial charge in [-0.2, -0.15) is 0 Å². The molecule has 1 unspecified atom stereocenters. The Kier molecular flexibility index (Phi) is 9.66. The maximum absolute atomic E-state index is 5.26. The van der Waals surface area contributed by atoms with Crippen LogP contribution in [0.15, 0.2) is 0 Å². The van der Waals surface area contributed by atoms with E-state index in [1.807, 2.05) is 6.92 Å². The molecule has 1 atom stereocenters. The van der Waals surface area contributed by atoms with Gasteiger partial charge < -0.3 is 19.1 Å². The summed E-state index contributed by atoms with van der Waals surface area (Å²) in [5.41, 5.74) is 0. The lowest BCUT2D eigenvalue weighted by atomic mass is 10.4. The van der Waals surface area contributed by atoms with Crippen LogP contribution >= 0.6 is 0 Å². The summed E-state index contributed by atoms with van der Waals surface area (Å²) in [6.45, 7) is 4.12. The Hall–Kier alpha value is -0.240. The van der Waals surface area contributed by atoms with Gasteiger partial charge in [-0.3, -0.25) is 0 Å². The molecule has 0 aliphatic heterocycles. The van der Waals surface area contributed by atoms with Crippen molar-refractivity contribution in [3.05, 3.63) is 0 Å². The predicted molar refractivity (Wildman–Crippen MR) is 46.5 cm³/mol. The summed E-state index contributed by atoms with van der Waals surface area (Å²) in [5, 5.41) is 0. The van der Waals surface area contributed by atoms with Crippen LogP contribution in [0.5, 0.6) is 0 Å². The van der Waals surface area contributed by atoms with Crippen molar-refractivity contribution in [3.63, 3.8) is 0 Å². The SMILES string of the molecule is CC(COCCON)OCCON. The Morgan fingerprint density at radius 1 is 1.00 bits per heavy atom. The number of hydrogen-bond donors (Lipinski definition) is 2. The molecule has 0 heterocycles. The topological polar surface area (TPSA) is 89.0 Å². The van der Waals surface area contributed by atoms with Crippen molar-refractivity contribution in [1.29, 1.82) is 0 Å². The van der Waals surface area contributed by atoms with Crippen LogP contribution < -0.4 is 11.8 Å². The second-order valence-electron chi connectivity index (χ2n) is 2.50. The molecule has 4 N–H and O–H groups in total. The normalized spacial score (nSPS) is 13.2. The lowest BCUT2D eigenvalue weighted by Crippen LogP contribution is -2.21. The molecule has 0 aliphatic carbocycles. The molecule has 0 saturated heterocycles. The van der Waals surface area contributed by atoms with Gasteiger partial charge in [-0.1, -0.05) is 0 Å². The first kappa shape index (κ1) is 12.8. The van der Waals surface area contributed by atoms with Crippen molar-refractivity contribution < 1.29 is 19.1 Å². The van der Waals surface area contributed by atoms with E-state index in [9.17, 15) is 0 Å². The smallest absolute Gasteiger partial charge is 0.0913 e. The van der Waals surface area contributed by atoms with Crippen molar-refractivity contribution in [3.8, 4) is 0 Å². The summed E-state index contributed by atoms with van der Waals surface area (Å²) in [6, 6.07) is 0. The first-order chi connectivity index (χ1) is 6.31. The molecule has 0 aliphatic rings. The molecule has 0 bridgehead atoms. The van der Waals surface area contributed by atoms with E-state index in [-0.39, 0.29) is 6.10 Å². The second-order valence-corrected chi connectivity index (χ2v) is 2.50. The first-order valence-electron chi connectivity index (χ1n) is 4.14. The zero-order chi connectivity index (χ0) is 9.94. The third-order valence-electron chi connectivity index (χ3n) is 1.30. The molecule has 0 radical (unpaired) electrons. The fourth-order valence-electron chi connectivity index (χ4n) is 0.702. The van der Waals surface area contributed by atoms with Gasteiger partial charge in [0.2, 0.25) is 0 Å². The minimum atomic E-state index is 0.0212. The Labute approximate surface area is 78.0 Å². The second kappa shape index (κ2) is 9.85. The Morgan fingerprint density at radius 3 is 2.23 bits per heavy atom. The molecule has 0 fully saturated rings. The molecule has 0 amide bonds. The van der Waals surface area contributed by atoms with E-state index in [1.54, 1.807) is 0 Å². The Bertz CT molecular complexity index is 104. The summed E-state index contributed by atoms with van der Waals surface area (Å²) < 4.78 is 10.4. The minimum absolute atomic E-state index is 0.0212. The highest BCUT2D eigenvalue weighted by Crippen LogP contribution is 1.91. The maximum atomic E-state index is 5.26. The summed E-state index contributed by atoms with van der Waals surface area (Å²) >= 11 is 0. The van der Waals surface area contributed by atoms with Gasteiger partial charge in [0.15, 0.2) is 0 Å². The van der Waals surface area contributed by atoms with Gasteiger partial charge in [0, 0.05) is 0 Å². The Morgan fingerprint density at radius 2 is 1.62 bits per heavy atom. The summed E-state index contributed by atoms with van der Waals surface area (Å²) in [7, 11) is 0. The van der Waals surface area contributed by atoms with E-state index < -0.39 is 0 Å². The monoisotopic (exact) mass is 194 g/mol. The zero-order valence-electron chi connectivity index (χ0n) is 7.90. The van der Waals surface area contributed by atoms with Gasteiger partial charge in [-0.25, -0.2) is 11.8 Å². The van der Waals surface area contributed by atoms with Gasteiger partial charge in [0.05, 0.1) is 39.1 Å². The molecular weight excluding hydrogens is 176 g/mol. The molecule has 0 aromatic carbocycles. The van der Waals surface area contributed by atoms with Gasteiger partial charge in [0.25, 0.3) is 0 Å². The van der Waals surface area contributed by atoms with Crippen molar-refractivity contribution in [2.45, 2.75) is 13.0 Å². The molecule has 0 aromatic heterocycles. The van der Waals surface area contributed by atoms with Crippen LogP contribution in [0.25, 0.3) is 0 Å². The maximum Gasteiger partial charge on any atom is 0.0913 e. The average molecular weight is 194 g/mol. The number of nitrogens with two attached hydrogens (primary N) is 2. The predicted octanol–water partition coefficient (Wildman–Crippen LogP) is -0.811. The number of rotatable bonds is 9. The fourth-order valence-corrected chi connectivity index (χ4v) is 0.702. The number of ether oxygens (including phenoxy) is 2. The molecular formula is C7H18N2O4. The van der Waals surface area contributed by atoms with Crippen LogP contribution in [0, 0.1) is 0 Å². The van der Waals surface area contributed by atoms with Crippen LogP contribution in [-0.4, -0.2) is 39.1 Å². The van der Waals surface area contributed by atoms with Crippen molar-refractivity contribution in [2.24, 2.45) is 11.8 Å². The molecule has 6 nitrogen and oxygen atoms in total. The molecule has 6 heteroatoms. The third kappa shape index (κ3) is 9.68. The molecule has 13 heavy (non-hydrogen) atoms. The molecule has 80 valence electrons. The van der Waals surface area contributed by atoms with E-state index in [0.717, 1.165) is 0 Å². The van der Waals surface area contributed by atoms with E-state index >= 15 is 0 Å². The van der Waals surface area contributed by atoms with Gasteiger partial charge in [-0.05, 0) is 6.92 Å². The third-order valence-corrected chi connectivity index (χ3v) is 1.30. The summed E-state index contributed by atoms with van der Waals surface area (Å²) in [5.74, 6) is 9.61. The van der Waals surface area contributed by atoms with Crippen LogP contribution in [-0.2, 0) is 19.1 Å². The molecule has 0 spiro atoms. The first-order valence-corrected chi connectivity index (χ1v) is 4.14. The minimum Gasteiger partial charge on any atom is -0.376 e. The van der Waals surface area contributed by atoms with E-state index in [4.69, 9.17) is 21.3 Å². The van der Waals surface area contributed by atoms with Crippen LogP contribution in [0.3, 0.4) is 0 Å². The Balaban J connectivity index is 3.05. The molecule has 0 aromatic rings. The van der Waals surface area contributed by atoms with Crippen LogP contribution in [0.4, 0.5) is 0 Å². The van der Waals surface area contributed by atoms with E-state index in [0.29, 0.717) is 33.0 Å². The largest absolute Gasteiger partial charge is 0.376 e. The van der Waals surface area contributed by atoms with Crippen molar-refractivity contribution >= 4 is 0 Å². The summed E-state index contributed by atoms with van der Waals surface area (Å²) in [4.78, 5) is 8.65. The van der Waals surface area contributed by atoms with E-state index in [2.05, 4.69) is 9.68 Å². The highest BCUT2D eigenvalue weighted by Gasteiger charge is 2.01. The van der Waals surface area contributed by atoms with Crippen molar-refractivity contribution in [1.82, 2.24) is 0 Å².